The van der Waals surface area contributed by atoms with Gasteiger partial charge in [-0.2, -0.15) is 0 Å². The lowest BCUT2D eigenvalue weighted by Gasteiger charge is -2.37. The fourth-order valence-corrected chi connectivity index (χ4v) is 3.22. The van der Waals surface area contributed by atoms with Crippen LogP contribution < -0.4 is 14.8 Å². The Morgan fingerprint density at radius 1 is 1.23 bits per heavy atom. The number of benzene rings is 1. The fraction of sp³-hybridized carbons (Fsp3) is 0.619. The average Bonchev–Trinajstić information content (AvgIpc) is 2.66. The molecule has 146 valence electrons. The van der Waals surface area contributed by atoms with Crippen LogP contribution in [0.5, 0.6) is 11.5 Å². The summed E-state index contributed by atoms with van der Waals surface area (Å²) in [5.74, 6) is 1.54. The van der Waals surface area contributed by atoms with E-state index in [2.05, 4.69) is 47.7 Å². The predicted octanol–water partition coefficient (Wildman–Crippen LogP) is 2.77. The Bertz CT molecular complexity index is 568. The van der Waals surface area contributed by atoms with E-state index in [9.17, 15) is 0 Å². The number of nitrogens with zero attached hydrogens (tertiary/aromatic N) is 2. The van der Waals surface area contributed by atoms with Gasteiger partial charge in [-0.15, -0.1) is 0 Å². The number of hydrogen-bond donors (Lipinski definition) is 1. The van der Waals surface area contributed by atoms with E-state index < -0.39 is 0 Å². The van der Waals surface area contributed by atoms with Crippen molar-refractivity contribution in [1.29, 1.82) is 0 Å². The third kappa shape index (κ3) is 6.31. The molecule has 5 heteroatoms. The van der Waals surface area contributed by atoms with Crippen molar-refractivity contribution in [2.24, 2.45) is 0 Å². The average molecular weight is 362 g/mol. The predicted molar refractivity (Wildman–Crippen MR) is 108 cm³/mol. The lowest BCUT2D eigenvalue weighted by Crippen LogP contribution is -2.51. The van der Waals surface area contributed by atoms with Crippen LogP contribution >= 0.6 is 0 Å². The molecule has 26 heavy (non-hydrogen) atoms. The number of piperazine rings is 1. The van der Waals surface area contributed by atoms with E-state index in [4.69, 9.17) is 9.47 Å². The minimum atomic E-state index is 0.508. The molecule has 1 fully saturated rings. The number of likely N-dealkylation sites (N-methyl/N-ethyl adjacent to an activating group) is 1. The van der Waals surface area contributed by atoms with Gasteiger partial charge in [0.25, 0.3) is 0 Å². The Hall–Kier alpha value is -1.56. The molecular weight excluding hydrogens is 326 g/mol. The Kier molecular flexibility index (Phi) is 8.42. The smallest absolute Gasteiger partial charge is 0.161 e. The van der Waals surface area contributed by atoms with Gasteiger partial charge in [-0.3, -0.25) is 4.90 Å². The van der Waals surface area contributed by atoms with Crippen molar-refractivity contribution < 1.29 is 9.47 Å². The molecule has 1 aliphatic heterocycles. The molecule has 0 spiro atoms. The summed E-state index contributed by atoms with van der Waals surface area (Å²) in [6.07, 6.45) is 0. The second kappa shape index (κ2) is 10.6. The van der Waals surface area contributed by atoms with Crippen LogP contribution in [0, 0.1) is 0 Å². The zero-order valence-corrected chi connectivity index (χ0v) is 16.9. The fourth-order valence-electron chi connectivity index (χ4n) is 3.22. The first kappa shape index (κ1) is 20.7. The number of ether oxygens (including phenoxy) is 2. The maximum Gasteiger partial charge on any atom is 0.161 e. The van der Waals surface area contributed by atoms with Crippen LogP contribution in [0.2, 0.25) is 0 Å². The van der Waals surface area contributed by atoms with Gasteiger partial charge in [0.15, 0.2) is 11.5 Å². The van der Waals surface area contributed by atoms with E-state index >= 15 is 0 Å². The van der Waals surface area contributed by atoms with Crippen molar-refractivity contribution in [2.45, 2.75) is 33.4 Å². The molecule has 0 saturated carbocycles. The Morgan fingerprint density at radius 2 is 1.96 bits per heavy atom. The molecule has 1 heterocycles. The molecular formula is C21H35N3O2. The van der Waals surface area contributed by atoms with Crippen LogP contribution in [-0.2, 0) is 6.54 Å². The van der Waals surface area contributed by atoms with E-state index in [-0.39, 0.29) is 0 Å². The topological polar surface area (TPSA) is 37.0 Å². The van der Waals surface area contributed by atoms with Crippen LogP contribution in [0.4, 0.5) is 0 Å². The van der Waals surface area contributed by atoms with Crippen molar-refractivity contribution in [3.05, 3.63) is 35.9 Å². The molecule has 0 aromatic heterocycles. The second-order valence-electron chi connectivity index (χ2n) is 7.18. The highest BCUT2D eigenvalue weighted by molar-refractivity contribution is 5.43. The quantitative estimate of drug-likeness (QED) is 0.649. The Balaban J connectivity index is 1.81. The van der Waals surface area contributed by atoms with Crippen molar-refractivity contribution in [3.63, 3.8) is 0 Å². The van der Waals surface area contributed by atoms with E-state index in [0.29, 0.717) is 12.6 Å². The highest BCUT2D eigenvalue weighted by atomic mass is 16.5. The third-order valence-electron chi connectivity index (χ3n) is 4.95. The first-order chi connectivity index (χ1) is 12.5. The first-order valence-electron chi connectivity index (χ1n) is 9.64. The van der Waals surface area contributed by atoms with Crippen LogP contribution in [0.1, 0.15) is 26.3 Å². The lowest BCUT2D eigenvalue weighted by atomic mass is 10.2. The zero-order chi connectivity index (χ0) is 18.9. The molecule has 1 atom stereocenters. The van der Waals surface area contributed by atoms with Gasteiger partial charge in [0, 0.05) is 45.3 Å². The molecule has 1 aliphatic rings. The van der Waals surface area contributed by atoms with Crippen LogP contribution in [-0.4, -0.2) is 68.8 Å². The first-order valence-corrected chi connectivity index (χ1v) is 9.64. The molecule has 0 aliphatic carbocycles. The molecule has 1 unspecified atom stereocenters. The third-order valence-corrected chi connectivity index (χ3v) is 4.95. The number of hydrogen-bond acceptors (Lipinski definition) is 5. The second-order valence-corrected chi connectivity index (χ2v) is 7.18. The van der Waals surface area contributed by atoms with Crippen LogP contribution in [0.3, 0.4) is 0 Å². The Labute approximate surface area is 159 Å². The number of methoxy groups -OCH3 is 1. The van der Waals surface area contributed by atoms with Gasteiger partial charge in [0.1, 0.15) is 6.61 Å². The molecule has 0 radical (unpaired) electrons. The monoisotopic (exact) mass is 361 g/mol. The van der Waals surface area contributed by atoms with Gasteiger partial charge in [-0.25, -0.2) is 0 Å². The molecule has 5 nitrogen and oxygen atoms in total. The summed E-state index contributed by atoms with van der Waals surface area (Å²) < 4.78 is 11.2. The summed E-state index contributed by atoms with van der Waals surface area (Å²) in [4.78, 5) is 5.09. The van der Waals surface area contributed by atoms with Gasteiger partial charge in [-0.05, 0) is 43.7 Å². The van der Waals surface area contributed by atoms with E-state index in [1.807, 2.05) is 13.0 Å². The molecule has 0 amide bonds. The van der Waals surface area contributed by atoms with Crippen LogP contribution in [0.25, 0.3) is 0 Å². The molecule has 1 N–H and O–H groups in total. The van der Waals surface area contributed by atoms with Crippen LogP contribution in [0.15, 0.2) is 30.4 Å². The maximum absolute atomic E-state index is 5.81. The Morgan fingerprint density at radius 3 is 2.58 bits per heavy atom. The van der Waals surface area contributed by atoms with Crippen molar-refractivity contribution in [1.82, 2.24) is 15.1 Å². The van der Waals surface area contributed by atoms with E-state index in [1.165, 1.54) is 18.7 Å². The molecule has 1 aromatic rings. The van der Waals surface area contributed by atoms with Crippen molar-refractivity contribution in [3.8, 4) is 11.5 Å². The van der Waals surface area contributed by atoms with Crippen molar-refractivity contribution >= 4 is 0 Å². The number of nitrogens with one attached hydrogen (secondary N) is 1. The van der Waals surface area contributed by atoms with Gasteiger partial charge in [0.05, 0.1) is 7.11 Å². The maximum atomic E-state index is 5.81. The molecule has 1 saturated heterocycles. The SMILES string of the molecule is C=C(C)COc1cc(CNCC(C)N2CCN(CC)CC2)ccc1OC. The summed E-state index contributed by atoms with van der Waals surface area (Å²) in [7, 11) is 1.67. The summed E-state index contributed by atoms with van der Waals surface area (Å²) in [6, 6.07) is 6.66. The highest BCUT2D eigenvalue weighted by Crippen LogP contribution is 2.28. The summed E-state index contributed by atoms with van der Waals surface area (Å²) in [5, 5.41) is 3.58. The van der Waals surface area contributed by atoms with Gasteiger partial charge in [-0.1, -0.05) is 19.6 Å². The summed E-state index contributed by atoms with van der Waals surface area (Å²) >= 11 is 0. The van der Waals surface area contributed by atoms with Gasteiger partial charge >= 0.3 is 0 Å². The van der Waals surface area contributed by atoms with Gasteiger partial charge < -0.3 is 19.7 Å². The zero-order valence-electron chi connectivity index (χ0n) is 16.9. The van der Waals surface area contributed by atoms with Gasteiger partial charge in [0.2, 0.25) is 0 Å². The summed E-state index contributed by atoms with van der Waals surface area (Å²) in [5.41, 5.74) is 2.19. The number of rotatable bonds is 10. The minimum absolute atomic E-state index is 0.508. The largest absolute Gasteiger partial charge is 0.493 e. The normalized spacial score (nSPS) is 17.1. The van der Waals surface area contributed by atoms with E-state index in [1.54, 1.807) is 7.11 Å². The highest BCUT2D eigenvalue weighted by Gasteiger charge is 2.19. The summed E-state index contributed by atoms with van der Waals surface area (Å²) in [6.45, 7) is 18.6. The molecule has 2 rings (SSSR count). The lowest BCUT2D eigenvalue weighted by molar-refractivity contribution is 0.105. The van der Waals surface area contributed by atoms with Crippen molar-refractivity contribution in [2.75, 3.05) is 53.0 Å². The molecule has 1 aromatic carbocycles. The minimum Gasteiger partial charge on any atom is -0.493 e. The standard InChI is InChI=1S/C21H35N3O2/c1-6-23-9-11-24(12-10-23)18(4)14-22-15-19-7-8-20(25-5)21(13-19)26-16-17(2)3/h7-8,13,18,22H,2,6,9-12,14-16H2,1,3-5H3. The molecule has 0 bridgehead atoms. The van der Waals surface area contributed by atoms with E-state index in [0.717, 1.165) is 49.8 Å².